The molecule has 4 aromatic rings. The standard InChI is InChI=1S/C22H14FNO/c23-17-12-10-16(11-13-17)22(25)19-14-24-20-9-5-4-8-18(20)21(19)15-6-2-1-3-7-15/h1-14H. The van der Waals surface area contributed by atoms with Gasteiger partial charge in [-0.05, 0) is 35.9 Å². The molecule has 0 saturated carbocycles. The van der Waals surface area contributed by atoms with Crippen LogP contribution < -0.4 is 0 Å². The van der Waals surface area contributed by atoms with E-state index in [1.807, 2.05) is 54.6 Å². The van der Waals surface area contributed by atoms with Crippen molar-refractivity contribution in [3.63, 3.8) is 0 Å². The lowest BCUT2D eigenvalue weighted by Crippen LogP contribution is -2.05. The molecule has 0 aliphatic rings. The molecule has 1 heterocycles. The molecule has 2 nitrogen and oxygen atoms in total. The fourth-order valence-electron chi connectivity index (χ4n) is 2.99. The molecular formula is C22H14FNO. The Bertz CT molecular complexity index is 1060. The monoisotopic (exact) mass is 327 g/mol. The maximum Gasteiger partial charge on any atom is 0.195 e. The minimum absolute atomic E-state index is 0.169. The summed E-state index contributed by atoms with van der Waals surface area (Å²) in [7, 11) is 0. The number of ketones is 1. The quantitative estimate of drug-likeness (QED) is 0.480. The molecule has 1 aromatic heterocycles. The van der Waals surface area contributed by atoms with Crippen LogP contribution in [0.5, 0.6) is 0 Å². The molecule has 0 amide bonds. The summed E-state index contributed by atoms with van der Waals surface area (Å²) in [6.45, 7) is 0. The number of carbonyl (C=O) groups excluding carboxylic acids is 1. The number of rotatable bonds is 3. The zero-order valence-electron chi connectivity index (χ0n) is 13.3. The van der Waals surface area contributed by atoms with Gasteiger partial charge in [-0.1, -0.05) is 48.5 Å². The largest absolute Gasteiger partial charge is 0.289 e. The van der Waals surface area contributed by atoms with Crippen molar-refractivity contribution >= 4 is 16.7 Å². The molecule has 3 heteroatoms. The van der Waals surface area contributed by atoms with Crippen LogP contribution in [0.15, 0.2) is 85.1 Å². The van der Waals surface area contributed by atoms with Gasteiger partial charge in [-0.2, -0.15) is 0 Å². The van der Waals surface area contributed by atoms with Gasteiger partial charge < -0.3 is 0 Å². The molecule has 0 fully saturated rings. The Morgan fingerprint density at radius 3 is 2.24 bits per heavy atom. The SMILES string of the molecule is O=C(c1ccc(F)cc1)c1cnc2ccccc2c1-c1ccccc1. The van der Waals surface area contributed by atoms with E-state index in [-0.39, 0.29) is 11.6 Å². The van der Waals surface area contributed by atoms with Crippen LogP contribution in [0.25, 0.3) is 22.0 Å². The van der Waals surface area contributed by atoms with Gasteiger partial charge in [-0.3, -0.25) is 9.78 Å². The first-order valence-corrected chi connectivity index (χ1v) is 7.97. The van der Waals surface area contributed by atoms with E-state index in [2.05, 4.69) is 4.98 Å². The van der Waals surface area contributed by atoms with Crippen LogP contribution in [0.4, 0.5) is 4.39 Å². The summed E-state index contributed by atoms with van der Waals surface area (Å²) in [4.78, 5) is 17.5. The zero-order chi connectivity index (χ0) is 17.2. The average molecular weight is 327 g/mol. The summed E-state index contributed by atoms with van der Waals surface area (Å²) in [5.41, 5.74) is 3.58. The number of halogens is 1. The topological polar surface area (TPSA) is 30.0 Å². The first kappa shape index (κ1) is 15.2. The van der Waals surface area contributed by atoms with E-state index in [9.17, 15) is 9.18 Å². The van der Waals surface area contributed by atoms with E-state index in [0.29, 0.717) is 11.1 Å². The van der Waals surface area contributed by atoms with E-state index >= 15 is 0 Å². The molecule has 25 heavy (non-hydrogen) atoms. The summed E-state index contributed by atoms with van der Waals surface area (Å²) in [6, 6.07) is 23.1. The predicted molar refractivity (Wildman–Crippen MR) is 97.0 cm³/mol. The number of carbonyl (C=O) groups is 1. The highest BCUT2D eigenvalue weighted by Gasteiger charge is 2.18. The lowest BCUT2D eigenvalue weighted by atomic mass is 9.92. The molecule has 0 spiro atoms. The van der Waals surface area contributed by atoms with Gasteiger partial charge in [0.15, 0.2) is 5.78 Å². The van der Waals surface area contributed by atoms with E-state index in [0.717, 1.165) is 22.0 Å². The van der Waals surface area contributed by atoms with Gasteiger partial charge in [-0.15, -0.1) is 0 Å². The highest BCUT2D eigenvalue weighted by Crippen LogP contribution is 2.32. The maximum absolute atomic E-state index is 13.2. The second-order valence-electron chi connectivity index (χ2n) is 5.77. The Labute approximate surface area is 144 Å². The molecule has 0 radical (unpaired) electrons. The first-order valence-electron chi connectivity index (χ1n) is 7.97. The Morgan fingerprint density at radius 2 is 1.48 bits per heavy atom. The highest BCUT2D eigenvalue weighted by atomic mass is 19.1. The smallest absolute Gasteiger partial charge is 0.195 e. The fourth-order valence-corrected chi connectivity index (χ4v) is 2.99. The van der Waals surface area contributed by atoms with Crippen LogP contribution in [-0.4, -0.2) is 10.8 Å². The Morgan fingerprint density at radius 1 is 0.800 bits per heavy atom. The normalized spacial score (nSPS) is 10.8. The van der Waals surface area contributed by atoms with E-state index in [1.165, 1.54) is 24.3 Å². The molecule has 0 bridgehead atoms. The molecule has 0 saturated heterocycles. The Kier molecular flexibility index (Phi) is 3.82. The van der Waals surface area contributed by atoms with Gasteiger partial charge in [0.25, 0.3) is 0 Å². The van der Waals surface area contributed by atoms with Gasteiger partial charge in [0, 0.05) is 28.3 Å². The van der Waals surface area contributed by atoms with Crippen LogP contribution in [0.1, 0.15) is 15.9 Å². The predicted octanol–water partition coefficient (Wildman–Crippen LogP) is 5.27. The van der Waals surface area contributed by atoms with Gasteiger partial charge in [0.05, 0.1) is 5.52 Å². The number of fused-ring (bicyclic) bond motifs is 1. The number of hydrogen-bond donors (Lipinski definition) is 0. The van der Waals surface area contributed by atoms with Gasteiger partial charge in [0.2, 0.25) is 0 Å². The fraction of sp³-hybridized carbons (Fsp3) is 0. The molecule has 3 aromatic carbocycles. The van der Waals surface area contributed by atoms with E-state index < -0.39 is 0 Å². The van der Waals surface area contributed by atoms with Gasteiger partial charge >= 0.3 is 0 Å². The molecule has 0 unspecified atom stereocenters. The van der Waals surface area contributed by atoms with Crippen molar-refractivity contribution in [2.24, 2.45) is 0 Å². The van der Waals surface area contributed by atoms with Gasteiger partial charge in [-0.25, -0.2) is 4.39 Å². The second kappa shape index (κ2) is 6.29. The minimum atomic E-state index is -0.364. The van der Waals surface area contributed by atoms with Gasteiger partial charge in [0.1, 0.15) is 5.82 Å². The Balaban J connectivity index is 1.97. The molecule has 0 atom stereocenters. The highest BCUT2D eigenvalue weighted by molar-refractivity contribution is 6.16. The third-order valence-electron chi connectivity index (χ3n) is 4.19. The van der Waals surface area contributed by atoms with Crippen LogP contribution in [0.2, 0.25) is 0 Å². The van der Waals surface area contributed by atoms with Crippen LogP contribution >= 0.6 is 0 Å². The van der Waals surface area contributed by atoms with Crippen molar-refractivity contribution < 1.29 is 9.18 Å². The third-order valence-corrected chi connectivity index (χ3v) is 4.19. The lowest BCUT2D eigenvalue weighted by molar-refractivity contribution is 0.103. The minimum Gasteiger partial charge on any atom is -0.289 e. The summed E-state index contributed by atoms with van der Waals surface area (Å²) in [5, 5.41) is 0.918. The van der Waals surface area contributed by atoms with Crippen molar-refractivity contribution in [3.8, 4) is 11.1 Å². The van der Waals surface area contributed by atoms with Crippen molar-refractivity contribution in [1.29, 1.82) is 0 Å². The van der Waals surface area contributed by atoms with Crippen molar-refractivity contribution in [2.45, 2.75) is 0 Å². The zero-order valence-corrected chi connectivity index (χ0v) is 13.3. The van der Waals surface area contributed by atoms with Crippen LogP contribution in [0.3, 0.4) is 0 Å². The Hall–Kier alpha value is -3.33. The number of benzene rings is 3. The molecule has 120 valence electrons. The van der Waals surface area contributed by atoms with E-state index in [4.69, 9.17) is 0 Å². The molecular weight excluding hydrogens is 313 g/mol. The van der Waals surface area contributed by atoms with Crippen LogP contribution in [0, 0.1) is 5.82 Å². The number of pyridine rings is 1. The summed E-state index contributed by atoms with van der Waals surface area (Å²) in [6.07, 6.45) is 1.61. The maximum atomic E-state index is 13.2. The number of para-hydroxylation sites is 1. The van der Waals surface area contributed by atoms with Crippen molar-refractivity contribution in [2.75, 3.05) is 0 Å². The number of hydrogen-bond acceptors (Lipinski definition) is 2. The molecule has 0 aliphatic heterocycles. The molecule has 0 aliphatic carbocycles. The van der Waals surface area contributed by atoms with Crippen molar-refractivity contribution in [1.82, 2.24) is 4.98 Å². The number of aromatic nitrogens is 1. The molecule has 0 N–H and O–H groups in total. The third kappa shape index (κ3) is 2.81. The van der Waals surface area contributed by atoms with E-state index in [1.54, 1.807) is 6.20 Å². The summed E-state index contributed by atoms with van der Waals surface area (Å²) < 4.78 is 13.2. The molecule has 4 rings (SSSR count). The summed E-state index contributed by atoms with van der Waals surface area (Å²) >= 11 is 0. The summed E-state index contributed by atoms with van der Waals surface area (Å²) in [5.74, 6) is -0.534. The number of nitrogens with zero attached hydrogens (tertiary/aromatic N) is 1. The average Bonchev–Trinajstić information content (AvgIpc) is 2.68. The lowest BCUT2D eigenvalue weighted by Gasteiger charge is -2.12. The van der Waals surface area contributed by atoms with Crippen LogP contribution in [-0.2, 0) is 0 Å². The second-order valence-corrected chi connectivity index (χ2v) is 5.77. The van der Waals surface area contributed by atoms with Crippen molar-refractivity contribution in [3.05, 3.63) is 102 Å². The first-order chi connectivity index (χ1) is 12.2.